The van der Waals surface area contributed by atoms with E-state index in [1.54, 1.807) is 6.07 Å². The Morgan fingerprint density at radius 3 is 2.75 bits per heavy atom. The fourth-order valence-corrected chi connectivity index (χ4v) is 3.84. The summed E-state index contributed by atoms with van der Waals surface area (Å²) in [7, 11) is 0. The van der Waals surface area contributed by atoms with Crippen LogP contribution >= 0.6 is 43.5 Å². The van der Waals surface area contributed by atoms with Crippen molar-refractivity contribution in [1.82, 2.24) is 0 Å². The van der Waals surface area contributed by atoms with Gasteiger partial charge in [-0.1, -0.05) is 31.9 Å². The number of fused-ring (bicyclic) bond motifs is 1. The number of hydrogen-bond donors (Lipinski definition) is 0. The van der Waals surface area contributed by atoms with Gasteiger partial charge in [0.1, 0.15) is 11.6 Å². The Bertz CT molecular complexity index is 675. The van der Waals surface area contributed by atoms with E-state index in [1.165, 1.54) is 12.1 Å². The van der Waals surface area contributed by atoms with Crippen LogP contribution in [-0.4, -0.2) is 6.61 Å². The number of halogens is 4. The van der Waals surface area contributed by atoms with Crippen molar-refractivity contribution in [3.63, 3.8) is 0 Å². The van der Waals surface area contributed by atoms with Crippen LogP contribution in [0.15, 0.2) is 39.3 Å². The molecule has 1 nitrogen and oxygen atoms in total. The highest BCUT2D eigenvalue weighted by Gasteiger charge is 2.24. The number of hydrogen-bond acceptors (Lipinski definition) is 1. The Morgan fingerprint density at radius 1 is 1.15 bits per heavy atom. The largest absolute Gasteiger partial charge is 0.493 e. The molecule has 0 saturated heterocycles. The quantitative estimate of drug-likeness (QED) is 0.574. The minimum Gasteiger partial charge on any atom is -0.493 e. The molecular formula is C15H10Br2ClFO. The average molecular weight is 421 g/mol. The van der Waals surface area contributed by atoms with Crippen molar-refractivity contribution in [3.8, 4) is 5.75 Å². The molecule has 0 spiro atoms. The molecule has 0 fully saturated rings. The van der Waals surface area contributed by atoms with Gasteiger partial charge in [-0.15, -0.1) is 11.6 Å². The van der Waals surface area contributed by atoms with Crippen molar-refractivity contribution >= 4 is 43.5 Å². The summed E-state index contributed by atoms with van der Waals surface area (Å²) in [5, 5.41) is -0.468. The van der Waals surface area contributed by atoms with E-state index in [0.717, 1.165) is 32.2 Å². The summed E-state index contributed by atoms with van der Waals surface area (Å²) in [4.78, 5) is 0. The summed E-state index contributed by atoms with van der Waals surface area (Å²) >= 11 is 13.5. The summed E-state index contributed by atoms with van der Waals surface area (Å²) in [6.07, 6.45) is 0.871. The van der Waals surface area contributed by atoms with E-state index < -0.39 is 5.38 Å². The summed E-state index contributed by atoms with van der Waals surface area (Å²) < 4.78 is 20.9. The first-order valence-electron chi connectivity index (χ1n) is 6.10. The zero-order chi connectivity index (χ0) is 14.3. The molecule has 2 aromatic rings. The van der Waals surface area contributed by atoms with Crippen LogP contribution in [-0.2, 0) is 6.42 Å². The predicted molar refractivity (Wildman–Crippen MR) is 85.1 cm³/mol. The van der Waals surface area contributed by atoms with Gasteiger partial charge < -0.3 is 4.74 Å². The molecule has 1 heterocycles. The van der Waals surface area contributed by atoms with Crippen LogP contribution < -0.4 is 4.74 Å². The van der Waals surface area contributed by atoms with E-state index >= 15 is 0 Å². The first-order valence-corrected chi connectivity index (χ1v) is 8.12. The molecule has 0 radical (unpaired) electrons. The second-order valence-electron chi connectivity index (χ2n) is 4.61. The molecule has 1 unspecified atom stereocenters. The van der Waals surface area contributed by atoms with Crippen molar-refractivity contribution in [2.24, 2.45) is 0 Å². The lowest BCUT2D eigenvalue weighted by Gasteiger charge is -2.16. The molecule has 5 heteroatoms. The number of benzene rings is 2. The SMILES string of the molecule is Fc1ccc(Br)c(C(Cl)c2cc(Br)cc3c2OCC3)c1. The molecule has 0 amide bonds. The zero-order valence-corrected chi connectivity index (χ0v) is 14.2. The van der Waals surface area contributed by atoms with Crippen molar-refractivity contribution < 1.29 is 9.13 Å². The van der Waals surface area contributed by atoms with Crippen LogP contribution in [0.4, 0.5) is 4.39 Å². The molecule has 104 valence electrons. The standard InChI is InChI=1S/C15H10Br2ClFO/c16-9-5-8-3-4-20-15(8)12(6-9)14(18)11-7-10(19)1-2-13(11)17/h1-2,5-7,14H,3-4H2. The van der Waals surface area contributed by atoms with Gasteiger partial charge in [0.25, 0.3) is 0 Å². The molecule has 0 N–H and O–H groups in total. The van der Waals surface area contributed by atoms with E-state index in [-0.39, 0.29) is 5.82 Å². The zero-order valence-electron chi connectivity index (χ0n) is 10.3. The minimum atomic E-state index is -0.468. The molecular weight excluding hydrogens is 410 g/mol. The Labute approximate surface area is 138 Å². The normalized spacial score (nSPS) is 14.8. The summed E-state index contributed by atoms with van der Waals surface area (Å²) in [6.45, 7) is 0.659. The molecule has 0 bridgehead atoms. The highest BCUT2D eigenvalue weighted by molar-refractivity contribution is 9.10. The monoisotopic (exact) mass is 418 g/mol. The first-order chi connectivity index (χ1) is 9.56. The maximum atomic E-state index is 13.5. The van der Waals surface area contributed by atoms with Gasteiger partial charge in [0.2, 0.25) is 0 Å². The molecule has 0 aliphatic carbocycles. The molecule has 1 aliphatic rings. The Kier molecular flexibility index (Phi) is 4.07. The Hall–Kier alpha value is -0.580. The highest BCUT2D eigenvalue weighted by Crippen LogP contribution is 2.43. The lowest BCUT2D eigenvalue weighted by atomic mass is 10.0. The van der Waals surface area contributed by atoms with E-state index in [1.807, 2.05) is 12.1 Å². The number of ether oxygens (including phenoxy) is 1. The topological polar surface area (TPSA) is 9.23 Å². The van der Waals surface area contributed by atoms with Gasteiger partial charge in [-0.3, -0.25) is 0 Å². The van der Waals surface area contributed by atoms with Crippen LogP contribution in [0.3, 0.4) is 0 Å². The van der Waals surface area contributed by atoms with Crippen molar-refractivity contribution in [2.75, 3.05) is 6.61 Å². The van der Waals surface area contributed by atoms with Crippen molar-refractivity contribution in [3.05, 3.63) is 61.8 Å². The first kappa shape index (κ1) is 14.4. The molecule has 3 rings (SSSR count). The van der Waals surface area contributed by atoms with Gasteiger partial charge in [0.15, 0.2) is 0 Å². The fourth-order valence-electron chi connectivity index (χ4n) is 2.36. The van der Waals surface area contributed by atoms with E-state index in [2.05, 4.69) is 31.9 Å². The van der Waals surface area contributed by atoms with Crippen LogP contribution in [0, 0.1) is 5.82 Å². The van der Waals surface area contributed by atoms with Crippen LogP contribution in [0.1, 0.15) is 22.1 Å². The van der Waals surface area contributed by atoms with Gasteiger partial charge in [-0.25, -0.2) is 4.39 Å². The minimum absolute atomic E-state index is 0.304. The predicted octanol–water partition coefficient (Wildman–Crippen LogP) is 5.61. The lowest BCUT2D eigenvalue weighted by molar-refractivity contribution is 0.353. The van der Waals surface area contributed by atoms with Gasteiger partial charge in [0, 0.05) is 20.9 Å². The third kappa shape index (κ3) is 2.61. The van der Waals surface area contributed by atoms with Gasteiger partial charge >= 0.3 is 0 Å². The molecule has 0 saturated carbocycles. The smallest absolute Gasteiger partial charge is 0.127 e. The number of alkyl halides is 1. The fraction of sp³-hybridized carbons (Fsp3) is 0.200. The number of rotatable bonds is 2. The molecule has 0 aromatic heterocycles. The second kappa shape index (κ2) is 5.66. The molecule has 2 aromatic carbocycles. The maximum Gasteiger partial charge on any atom is 0.127 e. The van der Waals surface area contributed by atoms with Gasteiger partial charge in [-0.05, 0) is 41.5 Å². The Morgan fingerprint density at radius 2 is 1.95 bits per heavy atom. The van der Waals surface area contributed by atoms with Crippen LogP contribution in [0.2, 0.25) is 0 Å². The van der Waals surface area contributed by atoms with Crippen molar-refractivity contribution in [1.29, 1.82) is 0 Å². The average Bonchev–Trinajstić information content (AvgIpc) is 2.87. The molecule has 1 aliphatic heterocycles. The van der Waals surface area contributed by atoms with Gasteiger partial charge in [-0.2, -0.15) is 0 Å². The van der Waals surface area contributed by atoms with Crippen molar-refractivity contribution in [2.45, 2.75) is 11.8 Å². The van der Waals surface area contributed by atoms with Gasteiger partial charge in [0.05, 0.1) is 12.0 Å². The van der Waals surface area contributed by atoms with E-state index in [4.69, 9.17) is 16.3 Å². The Balaban J connectivity index is 2.11. The van der Waals surface area contributed by atoms with E-state index in [0.29, 0.717) is 12.2 Å². The third-order valence-corrected chi connectivity index (χ3v) is 4.93. The molecule has 1 atom stereocenters. The summed E-state index contributed by atoms with van der Waals surface area (Å²) in [5.41, 5.74) is 2.69. The van der Waals surface area contributed by atoms with E-state index in [9.17, 15) is 4.39 Å². The maximum absolute atomic E-state index is 13.5. The summed E-state index contributed by atoms with van der Waals surface area (Å²) in [6, 6.07) is 8.48. The van der Waals surface area contributed by atoms with Crippen LogP contribution in [0.25, 0.3) is 0 Å². The lowest BCUT2D eigenvalue weighted by Crippen LogP contribution is -1.99. The second-order valence-corrected chi connectivity index (χ2v) is 6.82. The molecule has 20 heavy (non-hydrogen) atoms. The summed E-state index contributed by atoms with van der Waals surface area (Å²) in [5.74, 6) is 0.519. The van der Waals surface area contributed by atoms with Crippen LogP contribution in [0.5, 0.6) is 5.75 Å². The highest BCUT2D eigenvalue weighted by atomic mass is 79.9. The third-order valence-electron chi connectivity index (χ3n) is 3.28.